The van der Waals surface area contributed by atoms with Crippen LogP contribution in [0.2, 0.25) is 0 Å². The minimum Gasteiger partial charge on any atom is -0.457 e. The number of nitrogen functional groups attached to an aromatic ring is 1. The number of pyridine rings is 1. The quantitative estimate of drug-likeness (QED) is 0.645. The summed E-state index contributed by atoms with van der Waals surface area (Å²) in [4.78, 5) is 3.91. The van der Waals surface area contributed by atoms with Gasteiger partial charge >= 0.3 is 0 Å². The second-order valence-corrected chi connectivity index (χ2v) is 3.80. The SMILES string of the molecule is Cc1ccc(Oc2ccnc(C(=N)N)c2)cc1F. The Kier molecular flexibility index (Phi) is 3.23. The lowest BCUT2D eigenvalue weighted by atomic mass is 10.2. The Morgan fingerprint density at radius 3 is 2.67 bits per heavy atom. The molecule has 92 valence electrons. The largest absolute Gasteiger partial charge is 0.457 e. The smallest absolute Gasteiger partial charge is 0.141 e. The van der Waals surface area contributed by atoms with Gasteiger partial charge < -0.3 is 10.5 Å². The fourth-order valence-electron chi connectivity index (χ4n) is 1.40. The van der Waals surface area contributed by atoms with Crippen LogP contribution in [0.3, 0.4) is 0 Å². The zero-order valence-corrected chi connectivity index (χ0v) is 9.77. The van der Waals surface area contributed by atoms with Crippen molar-refractivity contribution in [2.75, 3.05) is 0 Å². The first-order valence-electron chi connectivity index (χ1n) is 5.31. The van der Waals surface area contributed by atoms with E-state index in [9.17, 15) is 4.39 Å². The predicted molar refractivity (Wildman–Crippen MR) is 66.5 cm³/mol. The molecule has 18 heavy (non-hydrogen) atoms. The van der Waals surface area contributed by atoms with Crippen molar-refractivity contribution < 1.29 is 9.13 Å². The molecule has 0 saturated heterocycles. The lowest BCUT2D eigenvalue weighted by Gasteiger charge is -2.07. The summed E-state index contributed by atoms with van der Waals surface area (Å²) in [6.45, 7) is 1.68. The Hall–Kier alpha value is -2.43. The third-order valence-electron chi connectivity index (χ3n) is 2.39. The number of aromatic nitrogens is 1. The van der Waals surface area contributed by atoms with Crippen LogP contribution in [0.4, 0.5) is 4.39 Å². The van der Waals surface area contributed by atoms with Crippen molar-refractivity contribution in [2.24, 2.45) is 5.73 Å². The first-order chi connectivity index (χ1) is 8.56. The molecular weight excluding hydrogens is 233 g/mol. The number of amidine groups is 1. The summed E-state index contributed by atoms with van der Waals surface area (Å²) in [5.41, 5.74) is 6.20. The van der Waals surface area contributed by atoms with E-state index in [1.807, 2.05) is 0 Å². The molecule has 0 radical (unpaired) electrons. The van der Waals surface area contributed by atoms with Crippen LogP contribution < -0.4 is 10.5 Å². The van der Waals surface area contributed by atoms with Crippen LogP contribution in [0.15, 0.2) is 36.5 Å². The molecule has 3 N–H and O–H groups in total. The van der Waals surface area contributed by atoms with Gasteiger partial charge in [-0.05, 0) is 24.6 Å². The third kappa shape index (κ3) is 2.63. The van der Waals surface area contributed by atoms with Crippen LogP contribution in [0.25, 0.3) is 0 Å². The van der Waals surface area contributed by atoms with Gasteiger partial charge in [-0.2, -0.15) is 0 Å². The Labute approximate surface area is 104 Å². The van der Waals surface area contributed by atoms with E-state index in [0.717, 1.165) is 0 Å². The highest BCUT2D eigenvalue weighted by Crippen LogP contribution is 2.23. The zero-order chi connectivity index (χ0) is 13.1. The Morgan fingerprint density at radius 1 is 1.28 bits per heavy atom. The molecular formula is C13H12FN3O. The first-order valence-corrected chi connectivity index (χ1v) is 5.31. The number of nitrogens with one attached hydrogen (secondary N) is 1. The van der Waals surface area contributed by atoms with Gasteiger partial charge in [-0.3, -0.25) is 10.4 Å². The standard InChI is InChI=1S/C13H12FN3O/c1-8-2-3-9(6-11(8)14)18-10-4-5-17-12(7-10)13(15)16/h2-7H,1H3,(H3,15,16). The third-order valence-corrected chi connectivity index (χ3v) is 2.39. The number of nitrogens with two attached hydrogens (primary N) is 1. The molecule has 0 aliphatic carbocycles. The van der Waals surface area contributed by atoms with Crippen LogP contribution in [0.5, 0.6) is 11.5 Å². The van der Waals surface area contributed by atoms with Crippen molar-refractivity contribution >= 4 is 5.84 Å². The molecule has 0 fully saturated rings. The summed E-state index contributed by atoms with van der Waals surface area (Å²) in [5, 5.41) is 7.27. The van der Waals surface area contributed by atoms with Crippen molar-refractivity contribution in [1.29, 1.82) is 5.41 Å². The van der Waals surface area contributed by atoms with Gasteiger partial charge in [-0.15, -0.1) is 0 Å². The van der Waals surface area contributed by atoms with E-state index in [1.165, 1.54) is 18.3 Å². The summed E-state index contributed by atoms with van der Waals surface area (Å²) in [6, 6.07) is 7.76. The summed E-state index contributed by atoms with van der Waals surface area (Å²) < 4.78 is 18.8. The van der Waals surface area contributed by atoms with E-state index >= 15 is 0 Å². The number of halogens is 1. The van der Waals surface area contributed by atoms with Crippen molar-refractivity contribution in [3.63, 3.8) is 0 Å². The minimum atomic E-state index is -0.326. The molecule has 1 heterocycles. The van der Waals surface area contributed by atoms with Crippen molar-refractivity contribution in [1.82, 2.24) is 4.98 Å². The van der Waals surface area contributed by atoms with Crippen molar-refractivity contribution in [3.8, 4) is 11.5 Å². The Balaban J connectivity index is 2.25. The highest BCUT2D eigenvalue weighted by Gasteiger charge is 2.04. The molecule has 0 unspecified atom stereocenters. The van der Waals surface area contributed by atoms with Gasteiger partial charge in [0, 0.05) is 18.3 Å². The molecule has 1 aromatic heterocycles. The number of nitrogens with zero attached hydrogens (tertiary/aromatic N) is 1. The molecule has 0 spiro atoms. The normalized spacial score (nSPS) is 10.1. The van der Waals surface area contributed by atoms with E-state index in [2.05, 4.69) is 4.98 Å². The molecule has 0 saturated carbocycles. The van der Waals surface area contributed by atoms with Gasteiger partial charge in [0.1, 0.15) is 28.8 Å². The second-order valence-electron chi connectivity index (χ2n) is 3.80. The highest BCUT2D eigenvalue weighted by atomic mass is 19.1. The van der Waals surface area contributed by atoms with Crippen LogP contribution in [-0.4, -0.2) is 10.8 Å². The van der Waals surface area contributed by atoms with Gasteiger partial charge in [0.2, 0.25) is 0 Å². The number of aryl methyl sites for hydroxylation is 1. The van der Waals surface area contributed by atoms with Crippen molar-refractivity contribution in [2.45, 2.75) is 6.92 Å². The summed E-state index contributed by atoms with van der Waals surface area (Å²) in [6.07, 6.45) is 1.48. The maximum Gasteiger partial charge on any atom is 0.141 e. The van der Waals surface area contributed by atoms with E-state index in [-0.39, 0.29) is 11.7 Å². The van der Waals surface area contributed by atoms with Crippen LogP contribution in [0, 0.1) is 18.2 Å². The number of benzene rings is 1. The molecule has 2 aromatic rings. The summed E-state index contributed by atoms with van der Waals surface area (Å²) in [5.74, 6) is 0.376. The highest BCUT2D eigenvalue weighted by molar-refractivity contribution is 5.93. The Morgan fingerprint density at radius 2 is 2.00 bits per heavy atom. The maximum absolute atomic E-state index is 13.3. The topological polar surface area (TPSA) is 72.0 Å². The van der Waals surface area contributed by atoms with E-state index in [1.54, 1.807) is 25.1 Å². The van der Waals surface area contributed by atoms with Crippen LogP contribution in [-0.2, 0) is 0 Å². The molecule has 1 aromatic carbocycles. The van der Waals surface area contributed by atoms with E-state index < -0.39 is 0 Å². The molecule has 4 nitrogen and oxygen atoms in total. The first kappa shape index (κ1) is 12.0. The van der Waals surface area contributed by atoms with Crippen LogP contribution in [0.1, 0.15) is 11.3 Å². The maximum atomic E-state index is 13.3. The predicted octanol–water partition coefficient (Wildman–Crippen LogP) is 2.61. The van der Waals surface area contributed by atoms with Gasteiger partial charge in [0.25, 0.3) is 0 Å². The minimum absolute atomic E-state index is 0.143. The second kappa shape index (κ2) is 4.83. The average Bonchev–Trinajstić information content (AvgIpc) is 2.34. The molecule has 0 aliphatic heterocycles. The van der Waals surface area contributed by atoms with Crippen LogP contribution >= 0.6 is 0 Å². The molecule has 0 amide bonds. The lowest BCUT2D eigenvalue weighted by molar-refractivity contribution is 0.475. The fourth-order valence-corrected chi connectivity index (χ4v) is 1.40. The number of rotatable bonds is 3. The van der Waals surface area contributed by atoms with Gasteiger partial charge in [-0.25, -0.2) is 4.39 Å². The molecule has 0 atom stereocenters. The van der Waals surface area contributed by atoms with Gasteiger partial charge in [-0.1, -0.05) is 6.07 Å². The number of hydrogen-bond acceptors (Lipinski definition) is 3. The summed E-state index contributed by atoms with van der Waals surface area (Å²) in [7, 11) is 0. The number of ether oxygens (including phenoxy) is 1. The average molecular weight is 245 g/mol. The monoisotopic (exact) mass is 245 g/mol. The zero-order valence-electron chi connectivity index (χ0n) is 9.77. The van der Waals surface area contributed by atoms with E-state index in [4.69, 9.17) is 15.9 Å². The van der Waals surface area contributed by atoms with Crippen molar-refractivity contribution in [3.05, 3.63) is 53.6 Å². The molecule has 0 bridgehead atoms. The van der Waals surface area contributed by atoms with Gasteiger partial charge in [0.15, 0.2) is 0 Å². The lowest BCUT2D eigenvalue weighted by Crippen LogP contribution is -2.12. The Bertz CT molecular complexity index is 599. The fraction of sp³-hybridized carbons (Fsp3) is 0.0769. The molecule has 2 rings (SSSR count). The van der Waals surface area contributed by atoms with Gasteiger partial charge in [0.05, 0.1) is 0 Å². The summed E-state index contributed by atoms with van der Waals surface area (Å²) >= 11 is 0. The number of hydrogen-bond donors (Lipinski definition) is 2. The van der Waals surface area contributed by atoms with E-state index in [0.29, 0.717) is 22.8 Å². The molecule has 0 aliphatic rings. The molecule has 5 heteroatoms.